The molecule has 0 spiro atoms. The molecule has 1 aromatic rings. The molecule has 2 fully saturated rings. The van der Waals surface area contributed by atoms with Crippen molar-refractivity contribution >= 4 is 33.8 Å². The maximum atomic E-state index is 12.7. The number of phenols is 2. The van der Waals surface area contributed by atoms with Crippen LogP contribution in [0.3, 0.4) is 0 Å². The van der Waals surface area contributed by atoms with Crippen molar-refractivity contribution in [3.8, 4) is 11.5 Å². The summed E-state index contributed by atoms with van der Waals surface area (Å²) in [6.45, 7) is 2.51. The van der Waals surface area contributed by atoms with E-state index in [-0.39, 0.29) is 17.5 Å². The van der Waals surface area contributed by atoms with E-state index in [1.165, 1.54) is 13.0 Å². The van der Waals surface area contributed by atoms with Gasteiger partial charge in [-0.05, 0) is 26.0 Å². The number of sulfone groups is 1. The summed E-state index contributed by atoms with van der Waals surface area (Å²) in [5, 5.41) is 30.9. The van der Waals surface area contributed by atoms with Crippen LogP contribution in [0.25, 0.3) is 0 Å². The molecule has 0 bridgehead atoms. The minimum atomic E-state index is -4.09. The van der Waals surface area contributed by atoms with Gasteiger partial charge in [0.15, 0.2) is 27.4 Å². The van der Waals surface area contributed by atoms with E-state index in [2.05, 4.69) is 10.5 Å². The fraction of sp³-hybridized carbons (Fsp3) is 0.375. The van der Waals surface area contributed by atoms with Crippen LogP contribution < -0.4 is 5.43 Å². The molecule has 12 heteroatoms. The Bertz CT molecular complexity index is 1030. The molecule has 0 unspecified atom stereocenters. The Balaban J connectivity index is 1.88. The van der Waals surface area contributed by atoms with Gasteiger partial charge in [0.05, 0.1) is 6.42 Å². The minimum absolute atomic E-state index is 0.0272. The monoisotopic (exact) mass is 411 g/mol. The average Bonchev–Trinajstić information content (AvgIpc) is 2.74. The first-order chi connectivity index (χ1) is 12.9. The third-order valence-corrected chi connectivity index (χ3v) is 7.78. The molecule has 3 atom stereocenters. The molecule has 3 rings (SSSR count). The number of nitrogens with zero attached hydrogens (tertiary/aromatic N) is 2. The summed E-state index contributed by atoms with van der Waals surface area (Å²) in [6.07, 6.45) is 0.494. The maximum Gasteiger partial charge on any atom is 0.328 e. The number of rotatable bonds is 4. The van der Waals surface area contributed by atoms with Crippen LogP contribution in [0.5, 0.6) is 11.5 Å². The lowest BCUT2D eigenvalue weighted by Gasteiger charge is -2.35. The standard InChI is InChI=1S/C16H17N3O8S/c1-7-8(3-4-9(20)12(7)22)14(23)18-17-6-16(2)13(15(24)25)19-10(21)5-11(19)28(16,26)27/h3-4,6,11,13,20,22H,5H2,1-2H3,(H,18,23)(H,24,25)/b17-6+/t11-,13+,16+/m1/s1. The maximum absolute atomic E-state index is 12.7. The highest BCUT2D eigenvalue weighted by atomic mass is 32.2. The van der Waals surface area contributed by atoms with E-state index in [4.69, 9.17) is 0 Å². The first kappa shape index (κ1) is 19.6. The van der Waals surface area contributed by atoms with Crippen molar-refractivity contribution in [1.82, 2.24) is 10.3 Å². The number of benzene rings is 1. The molecule has 4 N–H and O–H groups in total. The Morgan fingerprint density at radius 1 is 1.36 bits per heavy atom. The van der Waals surface area contributed by atoms with Gasteiger partial charge in [-0.15, -0.1) is 0 Å². The second-order valence-electron chi connectivity index (χ2n) is 6.73. The second-order valence-corrected chi connectivity index (χ2v) is 9.25. The molecule has 0 radical (unpaired) electrons. The summed E-state index contributed by atoms with van der Waals surface area (Å²) in [5.41, 5.74) is 2.12. The second kappa shape index (κ2) is 6.19. The normalized spacial score (nSPS) is 28.1. The van der Waals surface area contributed by atoms with Gasteiger partial charge >= 0.3 is 5.97 Å². The first-order valence-electron chi connectivity index (χ1n) is 8.07. The van der Waals surface area contributed by atoms with Crippen molar-refractivity contribution in [2.45, 2.75) is 36.4 Å². The van der Waals surface area contributed by atoms with E-state index >= 15 is 0 Å². The van der Waals surface area contributed by atoms with Gasteiger partial charge in [-0.2, -0.15) is 5.10 Å². The Hall–Kier alpha value is -3.15. The first-order valence-corrected chi connectivity index (χ1v) is 9.61. The number of phenolic OH excluding ortho intramolecular Hbond substituents is 2. The molecule has 150 valence electrons. The van der Waals surface area contributed by atoms with Crippen molar-refractivity contribution in [2.75, 3.05) is 0 Å². The average molecular weight is 411 g/mol. The molecule has 2 heterocycles. The lowest BCUT2D eigenvalue weighted by atomic mass is 9.97. The number of β-lactam (4-membered cyclic amide) rings is 1. The van der Waals surface area contributed by atoms with E-state index in [9.17, 15) is 38.1 Å². The van der Waals surface area contributed by atoms with Crippen molar-refractivity contribution in [2.24, 2.45) is 5.10 Å². The number of carbonyl (C=O) groups is 3. The molecule has 28 heavy (non-hydrogen) atoms. The van der Waals surface area contributed by atoms with Crippen LogP contribution in [-0.4, -0.2) is 68.8 Å². The van der Waals surface area contributed by atoms with Crippen LogP contribution in [-0.2, 0) is 19.4 Å². The van der Waals surface area contributed by atoms with E-state index in [1.54, 1.807) is 0 Å². The predicted molar refractivity (Wildman–Crippen MR) is 94.5 cm³/mol. The topological polar surface area (TPSA) is 174 Å². The summed E-state index contributed by atoms with van der Waals surface area (Å²) in [5.74, 6) is -3.80. The number of aromatic hydroxyl groups is 2. The highest BCUT2D eigenvalue weighted by Gasteiger charge is 2.69. The van der Waals surface area contributed by atoms with E-state index in [0.717, 1.165) is 24.1 Å². The van der Waals surface area contributed by atoms with E-state index in [1.807, 2.05) is 0 Å². The number of amides is 2. The van der Waals surface area contributed by atoms with Crippen LogP contribution in [0.1, 0.15) is 29.3 Å². The number of carbonyl (C=O) groups excluding carboxylic acids is 2. The van der Waals surface area contributed by atoms with Crippen LogP contribution in [0.15, 0.2) is 17.2 Å². The molecule has 0 aliphatic carbocycles. The van der Waals surface area contributed by atoms with Crippen molar-refractivity contribution in [3.63, 3.8) is 0 Å². The van der Waals surface area contributed by atoms with Gasteiger partial charge in [0, 0.05) is 17.3 Å². The number of hydrazone groups is 1. The third-order valence-electron chi connectivity index (χ3n) is 5.12. The fourth-order valence-electron chi connectivity index (χ4n) is 3.42. The number of nitrogens with one attached hydrogen (secondary N) is 1. The van der Waals surface area contributed by atoms with Gasteiger partial charge in [-0.1, -0.05) is 0 Å². The summed E-state index contributed by atoms with van der Waals surface area (Å²) >= 11 is 0. The van der Waals surface area contributed by atoms with Gasteiger partial charge in [0.2, 0.25) is 5.91 Å². The van der Waals surface area contributed by atoms with Gasteiger partial charge in [0.1, 0.15) is 10.1 Å². The number of hydrogen-bond acceptors (Lipinski definition) is 8. The smallest absolute Gasteiger partial charge is 0.328 e. The molecule has 2 saturated heterocycles. The largest absolute Gasteiger partial charge is 0.504 e. The summed E-state index contributed by atoms with van der Waals surface area (Å²) in [4.78, 5) is 36.3. The summed E-state index contributed by atoms with van der Waals surface area (Å²) < 4.78 is 23.4. The zero-order chi connectivity index (χ0) is 21.0. The van der Waals surface area contributed by atoms with Gasteiger partial charge in [-0.3, -0.25) is 9.59 Å². The lowest BCUT2D eigenvalue weighted by Crippen LogP contribution is -2.57. The van der Waals surface area contributed by atoms with Crippen LogP contribution in [0, 0.1) is 6.92 Å². The highest BCUT2D eigenvalue weighted by Crippen LogP contribution is 2.45. The molecule has 2 amide bonds. The van der Waals surface area contributed by atoms with Gasteiger partial charge < -0.3 is 20.2 Å². The Kier molecular flexibility index (Phi) is 4.34. The minimum Gasteiger partial charge on any atom is -0.504 e. The van der Waals surface area contributed by atoms with Crippen molar-refractivity contribution in [1.29, 1.82) is 0 Å². The zero-order valence-electron chi connectivity index (χ0n) is 14.8. The molecule has 11 nitrogen and oxygen atoms in total. The zero-order valence-corrected chi connectivity index (χ0v) is 15.6. The van der Waals surface area contributed by atoms with Gasteiger partial charge in [-0.25, -0.2) is 18.6 Å². The quantitative estimate of drug-likeness (QED) is 0.218. The third kappa shape index (κ3) is 2.52. The fourth-order valence-corrected chi connectivity index (χ4v) is 5.63. The number of carboxylic acids is 1. The molecule has 0 aromatic heterocycles. The van der Waals surface area contributed by atoms with Gasteiger partial charge in [0.25, 0.3) is 5.91 Å². The molecule has 2 aliphatic heterocycles. The lowest BCUT2D eigenvalue weighted by molar-refractivity contribution is -0.156. The van der Waals surface area contributed by atoms with Crippen LogP contribution >= 0.6 is 0 Å². The number of aliphatic carboxylic acids is 1. The van der Waals surface area contributed by atoms with Crippen molar-refractivity contribution < 1.29 is 38.1 Å². The Morgan fingerprint density at radius 2 is 2.00 bits per heavy atom. The number of carboxylic acid groups (broad SMARTS) is 1. The number of fused-ring (bicyclic) bond motifs is 1. The molecule has 1 aromatic carbocycles. The molecule has 0 saturated carbocycles. The molecular weight excluding hydrogens is 394 g/mol. The van der Waals surface area contributed by atoms with Crippen LogP contribution in [0.2, 0.25) is 0 Å². The molecule has 2 aliphatic rings. The van der Waals surface area contributed by atoms with Crippen molar-refractivity contribution in [3.05, 3.63) is 23.3 Å². The summed E-state index contributed by atoms with van der Waals surface area (Å²) in [6, 6.07) is 0.665. The SMILES string of the molecule is Cc1c(C(=O)N/N=C/[C@@]2(C)[C@H](C(=O)O)N3C(=O)C[C@H]3S2(=O)=O)ccc(O)c1O. The summed E-state index contributed by atoms with van der Waals surface area (Å²) in [7, 11) is -4.09. The van der Waals surface area contributed by atoms with E-state index in [0.29, 0.717) is 0 Å². The molecular formula is C16H17N3O8S. The predicted octanol–water partition coefficient (Wildman–Crippen LogP) is -0.679. The number of hydrogen-bond donors (Lipinski definition) is 4. The Labute approximate surface area is 159 Å². The Morgan fingerprint density at radius 3 is 2.57 bits per heavy atom. The van der Waals surface area contributed by atoms with Crippen LogP contribution in [0.4, 0.5) is 0 Å². The highest BCUT2D eigenvalue weighted by molar-refractivity contribution is 7.94. The van der Waals surface area contributed by atoms with E-state index < -0.39 is 55.3 Å².